The fraction of sp³-hybridized carbons (Fsp3) is 1.00. The first kappa shape index (κ1) is 9.55. The zero-order valence-corrected chi connectivity index (χ0v) is 9.47. The molecule has 0 aliphatic heterocycles. The standard InChI is InChI=1S/C13H24/c1-13(2,3)12-9-5-8-11(12)10-6-4-7-10/h10-12H,4-9H2,1-3H3. The summed E-state index contributed by atoms with van der Waals surface area (Å²) in [6, 6.07) is 0. The van der Waals surface area contributed by atoms with E-state index in [1.54, 1.807) is 0 Å². The van der Waals surface area contributed by atoms with Crippen LogP contribution in [0.5, 0.6) is 0 Å². The lowest BCUT2D eigenvalue weighted by Gasteiger charge is -2.40. The van der Waals surface area contributed by atoms with Gasteiger partial charge >= 0.3 is 0 Å². The Hall–Kier alpha value is 0. The van der Waals surface area contributed by atoms with E-state index in [4.69, 9.17) is 0 Å². The highest BCUT2D eigenvalue weighted by atomic mass is 14.5. The summed E-state index contributed by atoms with van der Waals surface area (Å²) in [5.74, 6) is 3.23. The Balaban J connectivity index is 2.01. The molecule has 0 heteroatoms. The van der Waals surface area contributed by atoms with Crippen molar-refractivity contribution in [3.8, 4) is 0 Å². The Morgan fingerprint density at radius 2 is 1.46 bits per heavy atom. The molecule has 0 saturated heterocycles. The summed E-state index contributed by atoms with van der Waals surface area (Å²) in [5.41, 5.74) is 0.566. The molecule has 2 fully saturated rings. The molecule has 76 valence electrons. The highest BCUT2D eigenvalue weighted by Gasteiger charge is 2.41. The normalized spacial score (nSPS) is 36.2. The third-order valence-electron chi connectivity index (χ3n) is 4.44. The molecular formula is C13H24. The molecule has 0 aromatic heterocycles. The molecule has 2 unspecified atom stereocenters. The molecule has 2 aliphatic rings. The van der Waals surface area contributed by atoms with Gasteiger partial charge in [0.15, 0.2) is 0 Å². The number of hydrogen-bond donors (Lipinski definition) is 0. The predicted molar refractivity (Wildman–Crippen MR) is 57.6 cm³/mol. The zero-order valence-electron chi connectivity index (χ0n) is 9.47. The smallest absolute Gasteiger partial charge is 0.0334 e. The highest BCUT2D eigenvalue weighted by molar-refractivity contribution is 4.91. The van der Waals surface area contributed by atoms with Crippen LogP contribution in [-0.4, -0.2) is 0 Å². The van der Waals surface area contributed by atoms with Crippen molar-refractivity contribution in [3.63, 3.8) is 0 Å². The Labute approximate surface area is 83.1 Å². The molecule has 2 saturated carbocycles. The summed E-state index contributed by atoms with van der Waals surface area (Å²) in [6.45, 7) is 7.32. The van der Waals surface area contributed by atoms with Crippen molar-refractivity contribution >= 4 is 0 Å². The zero-order chi connectivity index (χ0) is 9.47. The maximum absolute atomic E-state index is 2.44. The molecule has 0 amide bonds. The minimum Gasteiger partial charge on any atom is -0.0599 e. The first-order valence-electron chi connectivity index (χ1n) is 6.09. The molecule has 0 radical (unpaired) electrons. The summed E-state index contributed by atoms with van der Waals surface area (Å²) in [5, 5.41) is 0. The molecule has 0 aromatic rings. The fourth-order valence-corrected chi connectivity index (χ4v) is 3.50. The van der Waals surface area contributed by atoms with Crippen LogP contribution in [0.15, 0.2) is 0 Å². The summed E-state index contributed by atoms with van der Waals surface area (Å²) >= 11 is 0. The summed E-state index contributed by atoms with van der Waals surface area (Å²) < 4.78 is 0. The van der Waals surface area contributed by atoms with Crippen LogP contribution in [0.25, 0.3) is 0 Å². The topological polar surface area (TPSA) is 0 Å². The molecule has 13 heavy (non-hydrogen) atoms. The Morgan fingerprint density at radius 1 is 0.846 bits per heavy atom. The monoisotopic (exact) mass is 180 g/mol. The van der Waals surface area contributed by atoms with E-state index in [9.17, 15) is 0 Å². The Bertz CT molecular complexity index is 171. The first-order valence-corrected chi connectivity index (χ1v) is 6.09. The molecular weight excluding hydrogens is 156 g/mol. The van der Waals surface area contributed by atoms with Crippen LogP contribution in [-0.2, 0) is 0 Å². The van der Waals surface area contributed by atoms with Crippen LogP contribution in [0.2, 0.25) is 0 Å². The Kier molecular flexibility index (Phi) is 2.42. The van der Waals surface area contributed by atoms with Gasteiger partial charge in [-0.15, -0.1) is 0 Å². The average molecular weight is 180 g/mol. The van der Waals surface area contributed by atoms with E-state index in [1.807, 2.05) is 0 Å². The van der Waals surface area contributed by atoms with Crippen molar-refractivity contribution < 1.29 is 0 Å². The lowest BCUT2D eigenvalue weighted by molar-refractivity contribution is 0.0955. The maximum atomic E-state index is 2.44. The van der Waals surface area contributed by atoms with Crippen molar-refractivity contribution in [1.29, 1.82) is 0 Å². The second kappa shape index (κ2) is 3.29. The van der Waals surface area contributed by atoms with E-state index in [2.05, 4.69) is 20.8 Å². The summed E-state index contributed by atoms with van der Waals surface area (Å²) in [4.78, 5) is 0. The van der Waals surface area contributed by atoms with Crippen LogP contribution in [0.1, 0.15) is 59.3 Å². The van der Waals surface area contributed by atoms with Crippen LogP contribution < -0.4 is 0 Å². The molecule has 0 spiro atoms. The van der Waals surface area contributed by atoms with Crippen LogP contribution in [0, 0.1) is 23.2 Å². The van der Waals surface area contributed by atoms with Gasteiger partial charge < -0.3 is 0 Å². The van der Waals surface area contributed by atoms with Gasteiger partial charge in [-0.05, 0) is 36.0 Å². The van der Waals surface area contributed by atoms with Gasteiger partial charge in [0.1, 0.15) is 0 Å². The van der Waals surface area contributed by atoms with Gasteiger partial charge in [-0.25, -0.2) is 0 Å². The van der Waals surface area contributed by atoms with Gasteiger partial charge in [0.05, 0.1) is 0 Å². The highest BCUT2D eigenvalue weighted by Crippen LogP contribution is 2.51. The van der Waals surface area contributed by atoms with E-state index in [0.29, 0.717) is 5.41 Å². The SMILES string of the molecule is CC(C)(C)C1CCCC1C1CCC1. The van der Waals surface area contributed by atoms with Crippen LogP contribution >= 0.6 is 0 Å². The van der Waals surface area contributed by atoms with Crippen molar-refractivity contribution in [3.05, 3.63) is 0 Å². The van der Waals surface area contributed by atoms with Crippen LogP contribution in [0.4, 0.5) is 0 Å². The second-order valence-corrected chi connectivity index (χ2v) is 6.26. The maximum Gasteiger partial charge on any atom is -0.0334 e. The van der Waals surface area contributed by atoms with E-state index < -0.39 is 0 Å². The lowest BCUT2D eigenvalue weighted by Crippen LogP contribution is -2.31. The summed E-state index contributed by atoms with van der Waals surface area (Å²) in [6.07, 6.45) is 9.13. The van der Waals surface area contributed by atoms with Crippen molar-refractivity contribution in [2.24, 2.45) is 23.2 Å². The molecule has 0 nitrogen and oxygen atoms in total. The molecule has 2 atom stereocenters. The van der Waals surface area contributed by atoms with Gasteiger partial charge in [0, 0.05) is 0 Å². The van der Waals surface area contributed by atoms with Crippen molar-refractivity contribution in [2.75, 3.05) is 0 Å². The van der Waals surface area contributed by atoms with Gasteiger partial charge in [0.2, 0.25) is 0 Å². The number of hydrogen-bond acceptors (Lipinski definition) is 0. The largest absolute Gasteiger partial charge is 0.0599 e. The lowest BCUT2D eigenvalue weighted by atomic mass is 9.65. The van der Waals surface area contributed by atoms with E-state index >= 15 is 0 Å². The van der Waals surface area contributed by atoms with Gasteiger partial charge in [-0.1, -0.05) is 46.5 Å². The van der Waals surface area contributed by atoms with E-state index in [1.165, 1.54) is 38.5 Å². The first-order chi connectivity index (χ1) is 6.09. The second-order valence-electron chi connectivity index (χ2n) is 6.26. The van der Waals surface area contributed by atoms with Gasteiger partial charge in [-0.2, -0.15) is 0 Å². The molecule has 0 aromatic carbocycles. The molecule has 0 heterocycles. The quantitative estimate of drug-likeness (QED) is 0.566. The predicted octanol–water partition coefficient (Wildman–Crippen LogP) is 4.25. The number of rotatable bonds is 1. The minimum absolute atomic E-state index is 0.566. The summed E-state index contributed by atoms with van der Waals surface area (Å²) in [7, 11) is 0. The van der Waals surface area contributed by atoms with E-state index in [0.717, 1.165) is 17.8 Å². The third-order valence-corrected chi connectivity index (χ3v) is 4.44. The van der Waals surface area contributed by atoms with E-state index in [-0.39, 0.29) is 0 Å². The Morgan fingerprint density at radius 3 is 1.92 bits per heavy atom. The molecule has 0 bridgehead atoms. The van der Waals surface area contributed by atoms with Gasteiger partial charge in [-0.3, -0.25) is 0 Å². The molecule has 2 rings (SSSR count). The third kappa shape index (κ3) is 1.78. The molecule has 0 N–H and O–H groups in total. The minimum atomic E-state index is 0.566. The average Bonchev–Trinajstić information content (AvgIpc) is 2.29. The fourth-order valence-electron chi connectivity index (χ4n) is 3.50. The van der Waals surface area contributed by atoms with Crippen molar-refractivity contribution in [1.82, 2.24) is 0 Å². The van der Waals surface area contributed by atoms with Crippen molar-refractivity contribution in [2.45, 2.75) is 59.3 Å². The van der Waals surface area contributed by atoms with Crippen LogP contribution in [0.3, 0.4) is 0 Å². The molecule has 2 aliphatic carbocycles. The van der Waals surface area contributed by atoms with Gasteiger partial charge in [0.25, 0.3) is 0 Å².